The van der Waals surface area contributed by atoms with Crippen LogP contribution in [0, 0.1) is 17.1 Å². The topological polar surface area (TPSA) is 90.5 Å². The van der Waals surface area contributed by atoms with E-state index in [9.17, 15) is 19.2 Å². The number of nitrogens with zero attached hydrogens (tertiary/aromatic N) is 2. The van der Waals surface area contributed by atoms with E-state index in [1.165, 1.54) is 36.1 Å². The number of ketones is 1. The molecule has 0 aliphatic rings. The van der Waals surface area contributed by atoms with Crippen LogP contribution in [-0.4, -0.2) is 31.2 Å². The second-order valence-electron chi connectivity index (χ2n) is 7.17. The van der Waals surface area contributed by atoms with E-state index in [1.54, 1.807) is 37.4 Å². The van der Waals surface area contributed by atoms with Gasteiger partial charge in [-0.1, -0.05) is 18.2 Å². The standard InChI is InChI=1S/C25H23FN2O5/c1-31-11-5-10-28-15-19(12-18(14-27)25(28)30)24(29)21-13-20(32-2)8-9-23(21)33-16-17-6-3-4-7-22(17)26/h3-4,6-9,12-13,15H,5,10-11,16H2,1-2H3. The van der Waals surface area contributed by atoms with E-state index >= 15 is 0 Å². The number of ether oxygens (including phenoxy) is 3. The summed E-state index contributed by atoms with van der Waals surface area (Å²) >= 11 is 0. The molecule has 3 rings (SSSR count). The predicted octanol–water partition coefficient (Wildman–Crippen LogP) is 3.71. The van der Waals surface area contributed by atoms with Crippen molar-refractivity contribution in [2.24, 2.45) is 0 Å². The van der Waals surface area contributed by atoms with Crippen molar-refractivity contribution in [3.05, 3.63) is 93.2 Å². The summed E-state index contributed by atoms with van der Waals surface area (Å²) in [5.74, 6) is -0.236. The van der Waals surface area contributed by atoms with Crippen LogP contribution in [0.1, 0.15) is 33.5 Å². The molecule has 0 aliphatic heterocycles. The summed E-state index contributed by atoms with van der Waals surface area (Å²) < 4.78 is 31.3. The van der Waals surface area contributed by atoms with Gasteiger partial charge in [0.25, 0.3) is 5.56 Å². The number of carbonyl (C=O) groups is 1. The molecule has 170 valence electrons. The number of aryl methyl sites for hydroxylation is 1. The first-order valence-electron chi connectivity index (χ1n) is 10.2. The molecule has 1 heterocycles. The van der Waals surface area contributed by atoms with E-state index in [2.05, 4.69) is 0 Å². The summed E-state index contributed by atoms with van der Waals surface area (Å²) in [5, 5.41) is 9.38. The Hall–Kier alpha value is -3.96. The molecule has 2 aromatic carbocycles. The summed E-state index contributed by atoms with van der Waals surface area (Å²) in [5.41, 5.74) is 0.0243. The van der Waals surface area contributed by atoms with Crippen LogP contribution in [-0.2, 0) is 17.9 Å². The average Bonchev–Trinajstić information content (AvgIpc) is 2.84. The first kappa shape index (κ1) is 23.7. The summed E-state index contributed by atoms with van der Waals surface area (Å²) in [6, 6.07) is 14.0. The Balaban J connectivity index is 1.98. The Labute approximate surface area is 190 Å². The number of benzene rings is 2. The number of aromatic nitrogens is 1. The Kier molecular flexibility index (Phi) is 7.95. The number of hydrogen-bond acceptors (Lipinski definition) is 6. The minimum Gasteiger partial charge on any atom is -0.497 e. The molecule has 0 aliphatic carbocycles. The highest BCUT2D eigenvalue weighted by Crippen LogP contribution is 2.28. The second-order valence-corrected chi connectivity index (χ2v) is 7.17. The van der Waals surface area contributed by atoms with Crippen molar-refractivity contribution in [2.75, 3.05) is 20.8 Å². The largest absolute Gasteiger partial charge is 0.497 e. The second kappa shape index (κ2) is 11.1. The third-order valence-electron chi connectivity index (χ3n) is 4.99. The van der Waals surface area contributed by atoms with E-state index in [1.807, 2.05) is 6.07 Å². The lowest BCUT2D eigenvalue weighted by Gasteiger charge is -2.14. The fourth-order valence-electron chi connectivity index (χ4n) is 3.25. The van der Waals surface area contributed by atoms with Crippen molar-refractivity contribution >= 4 is 5.78 Å². The molecule has 33 heavy (non-hydrogen) atoms. The van der Waals surface area contributed by atoms with Gasteiger partial charge in [-0.15, -0.1) is 0 Å². The van der Waals surface area contributed by atoms with Gasteiger partial charge in [-0.05, 0) is 36.8 Å². The molecular formula is C25H23FN2O5. The smallest absolute Gasteiger partial charge is 0.268 e. The summed E-state index contributed by atoms with van der Waals surface area (Å²) in [6.45, 7) is 0.632. The van der Waals surface area contributed by atoms with Gasteiger partial charge in [0.05, 0.1) is 12.7 Å². The van der Waals surface area contributed by atoms with Gasteiger partial charge in [0, 0.05) is 37.6 Å². The van der Waals surface area contributed by atoms with Gasteiger partial charge in [-0.3, -0.25) is 9.59 Å². The monoisotopic (exact) mass is 450 g/mol. The van der Waals surface area contributed by atoms with E-state index in [0.717, 1.165) is 0 Å². The summed E-state index contributed by atoms with van der Waals surface area (Å²) in [7, 11) is 3.02. The molecule has 7 nitrogen and oxygen atoms in total. The maximum Gasteiger partial charge on any atom is 0.268 e. The molecule has 0 fully saturated rings. The Morgan fingerprint density at radius 2 is 1.94 bits per heavy atom. The van der Waals surface area contributed by atoms with Gasteiger partial charge in [0.2, 0.25) is 0 Å². The number of carbonyl (C=O) groups excluding carboxylic acids is 1. The predicted molar refractivity (Wildman–Crippen MR) is 119 cm³/mol. The fraction of sp³-hybridized carbons (Fsp3) is 0.240. The molecule has 0 atom stereocenters. The number of methoxy groups -OCH3 is 2. The highest BCUT2D eigenvalue weighted by Gasteiger charge is 2.19. The highest BCUT2D eigenvalue weighted by atomic mass is 19.1. The van der Waals surface area contributed by atoms with Gasteiger partial charge in [-0.25, -0.2) is 4.39 Å². The van der Waals surface area contributed by atoms with E-state index in [4.69, 9.17) is 14.2 Å². The van der Waals surface area contributed by atoms with Crippen LogP contribution < -0.4 is 15.0 Å². The van der Waals surface area contributed by atoms with E-state index in [0.29, 0.717) is 24.3 Å². The molecule has 0 radical (unpaired) electrons. The molecule has 0 saturated heterocycles. The Bertz CT molecular complexity index is 1250. The molecule has 0 amide bonds. The van der Waals surface area contributed by atoms with Crippen molar-refractivity contribution in [3.63, 3.8) is 0 Å². The van der Waals surface area contributed by atoms with Crippen LogP contribution in [0.4, 0.5) is 4.39 Å². The van der Waals surface area contributed by atoms with Gasteiger partial charge in [-0.2, -0.15) is 5.26 Å². The van der Waals surface area contributed by atoms with Crippen LogP contribution in [0.25, 0.3) is 0 Å². The molecule has 3 aromatic rings. The zero-order valence-corrected chi connectivity index (χ0v) is 18.3. The number of rotatable bonds is 10. The van der Waals surface area contributed by atoms with Crippen molar-refractivity contribution in [1.29, 1.82) is 5.26 Å². The van der Waals surface area contributed by atoms with Gasteiger partial charge >= 0.3 is 0 Å². The first-order chi connectivity index (χ1) is 16.0. The third-order valence-corrected chi connectivity index (χ3v) is 4.99. The van der Waals surface area contributed by atoms with Crippen molar-refractivity contribution in [3.8, 4) is 17.6 Å². The quantitative estimate of drug-likeness (QED) is 0.346. The van der Waals surface area contributed by atoms with Crippen molar-refractivity contribution in [1.82, 2.24) is 4.57 Å². The molecule has 1 aromatic heterocycles. The maximum absolute atomic E-state index is 14.0. The van der Waals surface area contributed by atoms with Crippen LogP contribution in [0.5, 0.6) is 11.5 Å². The summed E-state index contributed by atoms with van der Waals surface area (Å²) in [6.07, 6.45) is 1.95. The molecule has 0 spiro atoms. The number of pyridine rings is 1. The lowest BCUT2D eigenvalue weighted by molar-refractivity contribution is 0.103. The number of hydrogen-bond donors (Lipinski definition) is 0. The average molecular weight is 450 g/mol. The molecule has 8 heteroatoms. The third kappa shape index (κ3) is 5.64. The number of nitriles is 1. The number of halogens is 1. The highest BCUT2D eigenvalue weighted by molar-refractivity contribution is 6.11. The van der Waals surface area contributed by atoms with E-state index in [-0.39, 0.29) is 35.6 Å². The van der Waals surface area contributed by atoms with Gasteiger partial charge in [0.1, 0.15) is 35.6 Å². The Morgan fingerprint density at radius 3 is 2.64 bits per heavy atom. The fourth-order valence-corrected chi connectivity index (χ4v) is 3.25. The Morgan fingerprint density at radius 1 is 1.15 bits per heavy atom. The molecular weight excluding hydrogens is 427 g/mol. The normalized spacial score (nSPS) is 10.5. The lowest BCUT2D eigenvalue weighted by atomic mass is 10.0. The summed E-state index contributed by atoms with van der Waals surface area (Å²) in [4.78, 5) is 25.9. The maximum atomic E-state index is 14.0. The lowest BCUT2D eigenvalue weighted by Crippen LogP contribution is -2.24. The van der Waals surface area contributed by atoms with Crippen LogP contribution in [0.15, 0.2) is 59.5 Å². The van der Waals surface area contributed by atoms with Crippen LogP contribution in [0.3, 0.4) is 0 Å². The van der Waals surface area contributed by atoms with Gasteiger partial charge in [0.15, 0.2) is 5.78 Å². The SMILES string of the molecule is COCCCn1cc(C(=O)c2cc(OC)ccc2OCc2ccccc2F)cc(C#N)c1=O. The first-order valence-corrected chi connectivity index (χ1v) is 10.2. The molecule has 0 bridgehead atoms. The van der Waals surface area contributed by atoms with E-state index < -0.39 is 17.2 Å². The molecule has 0 N–H and O–H groups in total. The molecule has 0 saturated carbocycles. The minimum atomic E-state index is -0.480. The van der Waals surface area contributed by atoms with Crippen molar-refractivity contribution < 1.29 is 23.4 Å². The van der Waals surface area contributed by atoms with Crippen molar-refractivity contribution in [2.45, 2.75) is 19.6 Å². The minimum absolute atomic E-state index is 0.0841. The van der Waals surface area contributed by atoms with Crippen LogP contribution >= 0.6 is 0 Å². The van der Waals surface area contributed by atoms with Gasteiger partial charge < -0.3 is 18.8 Å². The zero-order valence-electron chi connectivity index (χ0n) is 18.3. The zero-order chi connectivity index (χ0) is 23.8. The van der Waals surface area contributed by atoms with Crippen LogP contribution in [0.2, 0.25) is 0 Å². The molecule has 0 unspecified atom stereocenters.